The Morgan fingerprint density at radius 3 is 2.22 bits per heavy atom. The van der Waals surface area contributed by atoms with Gasteiger partial charge in [0.2, 0.25) is 0 Å². The molecule has 0 saturated heterocycles. The Balaban J connectivity index is 3.07. The van der Waals surface area contributed by atoms with Crippen LogP contribution in [0.15, 0.2) is 0 Å². The first kappa shape index (κ1) is 9.35. The van der Waals surface area contributed by atoms with Crippen molar-refractivity contribution in [2.75, 3.05) is 41.0 Å². The fourth-order valence-corrected chi connectivity index (χ4v) is 1.45. The molecule has 3 heteroatoms. The highest BCUT2D eigenvalue weighted by atomic mass is 31.1. The van der Waals surface area contributed by atoms with Gasteiger partial charge in [0.25, 0.3) is 0 Å². The largest absolute Gasteiger partial charge is 0.384 e. The summed E-state index contributed by atoms with van der Waals surface area (Å²) in [5, 5.41) is 0. The zero-order valence-corrected chi connectivity index (χ0v) is 7.77. The molecule has 0 saturated carbocycles. The molecule has 0 rings (SSSR count). The van der Waals surface area contributed by atoms with Gasteiger partial charge < -0.3 is 8.99 Å². The molecule has 0 aliphatic heterocycles. The van der Waals surface area contributed by atoms with Crippen molar-refractivity contribution < 1.29 is 8.99 Å². The molecule has 0 aromatic rings. The van der Waals surface area contributed by atoms with Crippen LogP contribution >= 0.6 is 8.73 Å². The van der Waals surface area contributed by atoms with E-state index in [1.807, 2.05) is 0 Å². The lowest BCUT2D eigenvalue weighted by molar-refractivity contribution is -0.735. The number of quaternary nitrogens is 1. The number of rotatable bonds is 4. The van der Waals surface area contributed by atoms with Crippen LogP contribution in [0.3, 0.4) is 0 Å². The van der Waals surface area contributed by atoms with E-state index in [9.17, 15) is 0 Å². The van der Waals surface area contributed by atoms with Crippen molar-refractivity contribution in [1.82, 2.24) is 0 Å². The van der Waals surface area contributed by atoms with Crippen molar-refractivity contribution in [2.45, 2.75) is 0 Å². The van der Waals surface area contributed by atoms with Crippen LogP contribution in [0, 0.1) is 0 Å². The van der Waals surface area contributed by atoms with Gasteiger partial charge in [-0.3, -0.25) is 0 Å². The average molecular weight is 150 g/mol. The van der Waals surface area contributed by atoms with Gasteiger partial charge in [0.15, 0.2) is 0 Å². The van der Waals surface area contributed by atoms with Crippen LogP contribution in [0.25, 0.3) is 0 Å². The van der Waals surface area contributed by atoms with E-state index >= 15 is 0 Å². The second kappa shape index (κ2) is 4.21. The van der Waals surface area contributed by atoms with Gasteiger partial charge >= 0.3 is 0 Å². The van der Waals surface area contributed by atoms with E-state index in [4.69, 9.17) is 4.74 Å². The normalized spacial score (nSPS) is 13.3. The SMILES string of the molecule is COCCP[N+](C)(C)C. The Labute approximate surface area is 59.6 Å². The van der Waals surface area contributed by atoms with Crippen molar-refractivity contribution in [3.05, 3.63) is 0 Å². The van der Waals surface area contributed by atoms with E-state index in [1.54, 1.807) is 7.11 Å². The maximum absolute atomic E-state index is 4.93. The maximum Gasteiger partial charge on any atom is 0.0909 e. The van der Waals surface area contributed by atoms with E-state index in [0.29, 0.717) is 0 Å². The molecule has 1 unspecified atom stereocenters. The van der Waals surface area contributed by atoms with Crippen molar-refractivity contribution in [2.24, 2.45) is 0 Å². The highest BCUT2D eigenvalue weighted by Crippen LogP contribution is 2.19. The number of nitrogens with zero attached hydrogens (tertiary/aromatic N) is 1. The molecule has 0 aliphatic rings. The highest BCUT2D eigenvalue weighted by Gasteiger charge is 2.05. The summed E-state index contributed by atoms with van der Waals surface area (Å²) in [6.45, 7) is 0.897. The smallest absolute Gasteiger partial charge is 0.0909 e. The minimum absolute atomic E-state index is 0.897. The molecule has 1 atom stereocenters. The molecular weight excluding hydrogens is 133 g/mol. The Morgan fingerprint density at radius 2 is 1.89 bits per heavy atom. The van der Waals surface area contributed by atoms with Crippen LogP contribution in [-0.4, -0.2) is 45.3 Å². The van der Waals surface area contributed by atoms with Gasteiger partial charge in [-0.2, -0.15) is 0 Å². The van der Waals surface area contributed by atoms with Crippen LogP contribution in [0.1, 0.15) is 0 Å². The zero-order chi connectivity index (χ0) is 7.33. The summed E-state index contributed by atoms with van der Waals surface area (Å²) >= 11 is 0. The first-order chi connectivity index (χ1) is 4.06. The number of methoxy groups -OCH3 is 1. The predicted molar refractivity (Wildman–Crippen MR) is 43.1 cm³/mol. The molecule has 9 heavy (non-hydrogen) atoms. The summed E-state index contributed by atoms with van der Waals surface area (Å²) in [7, 11) is 9.32. The molecule has 0 heterocycles. The lowest BCUT2D eigenvalue weighted by atomic mass is 10.9. The molecule has 56 valence electrons. The molecule has 0 aromatic carbocycles. The number of ether oxygens (including phenoxy) is 1. The lowest BCUT2D eigenvalue weighted by Gasteiger charge is -2.22. The quantitative estimate of drug-likeness (QED) is 0.428. The molecule has 0 amide bonds. The molecule has 0 aliphatic carbocycles. The Bertz CT molecular complexity index is 69.9. The molecule has 0 aromatic heterocycles. The summed E-state index contributed by atoms with van der Waals surface area (Å²) in [6, 6.07) is 0. The lowest BCUT2D eigenvalue weighted by Crippen LogP contribution is -2.24. The molecular formula is C6H17NOP+. The molecule has 0 bridgehead atoms. The van der Waals surface area contributed by atoms with Gasteiger partial charge in [-0.05, 0) is 0 Å². The van der Waals surface area contributed by atoms with Crippen LogP contribution in [-0.2, 0) is 4.74 Å². The van der Waals surface area contributed by atoms with Gasteiger partial charge in [0, 0.05) is 13.3 Å². The van der Waals surface area contributed by atoms with E-state index in [0.717, 1.165) is 19.6 Å². The second-order valence-corrected chi connectivity index (χ2v) is 5.07. The highest BCUT2D eigenvalue weighted by molar-refractivity contribution is 7.31. The summed E-state index contributed by atoms with van der Waals surface area (Å²) < 4.78 is 5.99. The predicted octanol–water partition coefficient (Wildman–Crippen LogP) is 0.932. The minimum atomic E-state index is 0.897. The van der Waals surface area contributed by atoms with Crippen LogP contribution in [0.4, 0.5) is 0 Å². The third-order valence-electron chi connectivity index (χ3n) is 0.892. The van der Waals surface area contributed by atoms with E-state index in [1.165, 1.54) is 6.16 Å². The van der Waals surface area contributed by atoms with E-state index in [2.05, 4.69) is 21.1 Å². The van der Waals surface area contributed by atoms with Gasteiger partial charge in [0.05, 0.1) is 36.5 Å². The van der Waals surface area contributed by atoms with Crippen LogP contribution in [0.5, 0.6) is 0 Å². The first-order valence-corrected chi connectivity index (χ1v) is 4.27. The molecule has 0 fully saturated rings. The summed E-state index contributed by atoms with van der Waals surface area (Å²) in [5.41, 5.74) is 0. The van der Waals surface area contributed by atoms with Gasteiger partial charge in [-0.15, -0.1) is 0 Å². The van der Waals surface area contributed by atoms with Crippen molar-refractivity contribution in [3.63, 3.8) is 0 Å². The van der Waals surface area contributed by atoms with Gasteiger partial charge in [-0.1, -0.05) is 0 Å². The molecule has 0 N–H and O–H groups in total. The van der Waals surface area contributed by atoms with Crippen molar-refractivity contribution in [1.29, 1.82) is 0 Å². The minimum Gasteiger partial charge on any atom is -0.384 e. The Morgan fingerprint density at radius 1 is 1.33 bits per heavy atom. The van der Waals surface area contributed by atoms with Gasteiger partial charge in [0.1, 0.15) is 0 Å². The molecule has 0 spiro atoms. The second-order valence-electron chi connectivity index (χ2n) is 2.91. The van der Waals surface area contributed by atoms with Crippen LogP contribution in [0.2, 0.25) is 0 Å². The van der Waals surface area contributed by atoms with Crippen LogP contribution < -0.4 is 0 Å². The standard InChI is InChI=1S/C6H17NOP/c1-7(2,3)9-6-5-8-4/h9H,5-6H2,1-4H3/q+1. The van der Waals surface area contributed by atoms with Gasteiger partial charge in [-0.25, -0.2) is 0 Å². The first-order valence-electron chi connectivity index (χ1n) is 3.12. The summed E-state index contributed by atoms with van der Waals surface area (Å²) in [6.07, 6.45) is 1.18. The fraction of sp³-hybridized carbons (Fsp3) is 1.00. The van der Waals surface area contributed by atoms with E-state index < -0.39 is 0 Å². The fourth-order valence-electron chi connectivity index (χ4n) is 0.483. The topological polar surface area (TPSA) is 9.23 Å². The summed E-state index contributed by atoms with van der Waals surface area (Å²) in [5.74, 6) is 0. The number of hydrogen-bond acceptors (Lipinski definition) is 1. The Kier molecular flexibility index (Phi) is 4.37. The molecule has 2 nitrogen and oxygen atoms in total. The Hall–Kier alpha value is 0.350. The summed E-state index contributed by atoms with van der Waals surface area (Å²) in [4.78, 5) is 0. The third kappa shape index (κ3) is 8.35. The monoisotopic (exact) mass is 150 g/mol. The van der Waals surface area contributed by atoms with Crippen molar-refractivity contribution in [3.8, 4) is 0 Å². The molecule has 0 radical (unpaired) electrons. The third-order valence-corrected chi connectivity index (χ3v) is 2.27. The maximum atomic E-state index is 4.93. The average Bonchev–Trinajstić information content (AvgIpc) is 1.63. The van der Waals surface area contributed by atoms with Crippen molar-refractivity contribution >= 4 is 8.73 Å². The van der Waals surface area contributed by atoms with E-state index in [-0.39, 0.29) is 0 Å². The number of hydrogen-bond donors (Lipinski definition) is 0. The zero-order valence-electron chi connectivity index (χ0n) is 6.77.